The van der Waals surface area contributed by atoms with Crippen LogP contribution in [-0.4, -0.2) is 37.6 Å². The summed E-state index contributed by atoms with van der Waals surface area (Å²) in [6.07, 6.45) is 0.899. The Labute approximate surface area is 93.9 Å². The summed E-state index contributed by atoms with van der Waals surface area (Å²) in [5.74, 6) is 0.224. The summed E-state index contributed by atoms with van der Waals surface area (Å²) in [5, 5.41) is 6.27. The molecule has 6 nitrogen and oxygen atoms in total. The summed E-state index contributed by atoms with van der Waals surface area (Å²) in [5.41, 5.74) is 0.415. The number of nitrogens with zero attached hydrogens (tertiary/aromatic N) is 1. The number of hydrogen-bond acceptors (Lipinski definition) is 5. The number of rotatable bonds is 5. The predicted molar refractivity (Wildman–Crippen MR) is 56.0 cm³/mol. The topological polar surface area (TPSA) is 73.6 Å². The average molecular weight is 228 g/mol. The van der Waals surface area contributed by atoms with E-state index in [9.17, 15) is 4.79 Å². The van der Waals surface area contributed by atoms with E-state index in [0.717, 1.165) is 0 Å². The van der Waals surface area contributed by atoms with Gasteiger partial charge in [0.2, 0.25) is 0 Å². The van der Waals surface area contributed by atoms with Crippen LogP contribution in [0.25, 0.3) is 0 Å². The first-order valence-corrected chi connectivity index (χ1v) is 4.87. The van der Waals surface area contributed by atoms with Crippen molar-refractivity contribution in [3.8, 4) is 0 Å². The van der Waals surface area contributed by atoms with E-state index in [1.807, 2.05) is 0 Å². The second-order valence-electron chi connectivity index (χ2n) is 3.40. The molecule has 1 atom stereocenters. The Balaban J connectivity index is 2.61. The minimum absolute atomic E-state index is 0.259. The van der Waals surface area contributed by atoms with E-state index in [-0.39, 0.29) is 11.9 Å². The fourth-order valence-electron chi connectivity index (χ4n) is 1.37. The molecule has 0 bridgehead atoms. The maximum atomic E-state index is 11.8. The minimum atomic E-state index is -0.482. The van der Waals surface area contributed by atoms with E-state index in [1.165, 1.54) is 20.4 Å². The number of amides is 1. The van der Waals surface area contributed by atoms with E-state index in [4.69, 9.17) is 14.0 Å². The largest absolute Gasteiger partial charge is 0.361 e. The molecular formula is C10H16N2O4. The number of carbonyl (C=O) groups excluding carboxylic acids is 1. The van der Waals surface area contributed by atoms with Crippen molar-refractivity contribution in [1.29, 1.82) is 0 Å². The van der Waals surface area contributed by atoms with Gasteiger partial charge in [-0.1, -0.05) is 5.16 Å². The molecule has 0 saturated heterocycles. The van der Waals surface area contributed by atoms with Gasteiger partial charge in [-0.2, -0.15) is 0 Å². The van der Waals surface area contributed by atoms with Crippen LogP contribution < -0.4 is 5.32 Å². The van der Waals surface area contributed by atoms with Gasteiger partial charge in [-0.05, 0) is 13.8 Å². The normalized spacial score (nSPS) is 12.8. The van der Waals surface area contributed by atoms with Crippen molar-refractivity contribution in [2.24, 2.45) is 0 Å². The van der Waals surface area contributed by atoms with Crippen LogP contribution in [0.4, 0.5) is 0 Å². The zero-order chi connectivity index (χ0) is 12.1. The van der Waals surface area contributed by atoms with Crippen LogP contribution in [0.1, 0.15) is 23.0 Å². The highest BCUT2D eigenvalue weighted by Crippen LogP contribution is 2.07. The van der Waals surface area contributed by atoms with Gasteiger partial charge in [-0.3, -0.25) is 4.79 Å². The van der Waals surface area contributed by atoms with Crippen molar-refractivity contribution >= 4 is 5.91 Å². The predicted octanol–water partition coefficient (Wildman–Crippen LogP) is 0.720. The molecule has 0 saturated carbocycles. The first-order valence-electron chi connectivity index (χ1n) is 4.87. The van der Waals surface area contributed by atoms with Crippen LogP contribution in [-0.2, 0) is 9.47 Å². The number of ether oxygens (including phenoxy) is 2. The first kappa shape index (κ1) is 12.7. The van der Waals surface area contributed by atoms with Gasteiger partial charge in [0, 0.05) is 14.2 Å². The van der Waals surface area contributed by atoms with Crippen LogP contribution in [0.3, 0.4) is 0 Å². The van der Waals surface area contributed by atoms with Crippen molar-refractivity contribution in [2.45, 2.75) is 26.2 Å². The summed E-state index contributed by atoms with van der Waals surface area (Å²) in [6, 6.07) is -0.267. The molecule has 6 heteroatoms. The molecular weight excluding hydrogens is 212 g/mol. The van der Waals surface area contributed by atoms with Crippen LogP contribution in [0, 0.1) is 6.92 Å². The van der Waals surface area contributed by atoms with Crippen molar-refractivity contribution < 1.29 is 18.8 Å². The van der Waals surface area contributed by atoms with Crippen LogP contribution in [0.15, 0.2) is 10.7 Å². The van der Waals surface area contributed by atoms with Crippen molar-refractivity contribution in [3.05, 3.63) is 17.5 Å². The molecule has 0 aliphatic carbocycles. The lowest BCUT2D eigenvalue weighted by Crippen LogP contribution is -2.43. The quantitative estimate of drug-likeness (QED) is 0.752. The molecule has 0 spiro atoms. The summed E-state index contributed by atoms with van der Waals surface area (Å²) >= 11 is 0. The highest BCUT2D eigenvalue weighted by atomic mass is 16.7. The lowest BCUT2D eigenvalue weighted by atomic mass is 10.2. The molecule has 1 aromatic rings. The molecule has 1 unspecified atom stereocenters. The van der Waals surface area contributed by atoms with Crippen LogP contribution >= 0.6 is 0 Å². The molecule has 1 N–H and O–H groups in total. The van der Waals surface area contributed by atoms with Crippen LogP contribution in [0.5, 0.6) is 0 Å². The van der Waals surface area contributed by atoms with Gasteiger partial charge in [0.25, 0.3) is 5.91 Å². The molecule has 0 radical (unpaired) electrons. The Hall–Kier alpha value is -1.40. The van der Waals surface area contributed by atoms with Gasteiger partial charge in [0.1, 0.15) is 11.3 Å². The number of aromatic nitrogens is 1. The highest BCUT2D eigenvalue weighted by molar-refractivity contribution is 5.94. The van der Waals surface area contributed by atoms with Gasteiger partial charge < -0.3 is 19.3 Å². The fraction of sp³-hybridized carbons (Fsp3) is 0.600. The Morgan fingerprint density at radius 2 is 2.12 bits per heavy atom. The van der Waals surface area contributed by atoms with Gasteiger partial charge in [-0.25, -0.2) is 0 Å². The Kier molecular flexibility index (Phi) is 4.45. The molecule has 90 valence electrons. The smallest absolute Gasteiger partial charge is 0.256 e. The standard InChI is InChI=1S/C10H16N2O4/c1-6(10(14-3)15-4)12-9(13)8-5-11-16-7(8)2/h5-6,10H,1-4H3,(H,12,13). The lowest BCUT2D eigenvalue weighted by Gasteiger charge is -2.21. The average Bonchev–Trinajstić information content (AvgIpc) is 2.66. The number of nitrogens with one attached hydrogen (secondary N) is 1. The third-order valence-electron chi connectivity index (χ3n) is 2.23. The number of methoxy groups -OCH3 is 2. The molecule has 1 heterocycles. The van der Waals surface area contributed by atoms with Gasteiger partial charge >= 0.3 is 0 Å². The maximum absolute atomic E-state index is 11.8. The van der Waals surface area contributed by atoms with Crippen molar-refractivity contribution in [2.75, 3.05) is 14.2 Å². The van der Waals surface area contributed by atoms with E-state index in [2.05, 4.69) is 10.5 Å². The van der Waals surface area contributed by atoms with Crippen molar-refractivity contribution in [1.82, 2.24) is 10.5 Å². The summed E-state index contributed by atoms with van der Waals surface area (Å²) < 4.78 is 14.9. The van der Waals surface area contributed by atoms with E-state index >= 15 is 0 Å². The molecule has 16 heavy (non-hydrogen) atoms. The molecule has 1 rings (SSSR count). The minimum Gasteiger partial charge on any atom is -0.361 e. The molecule has 0 aliphatic rings. The zero-order valence-electron chi connectivity index (χ0n) is 9.81. The fourth-order valence-corrected chi connectivity index (χ4v) is 1.37. The van der Waals surface area contributed by atoms with E-state index < -0.39 is 6.29 Å². The van der Waals surface area contributed by atoms with Crippen LogP contribution in [0.2, 0.25) is 0 Å². The second kappa shape index (κ2) is 5.62. The zero-order valence-corrected chi connectivity index (χ0v) is 9.81. The SMILES string of the molecule is COC(OC)C(C)NC(=O)c1cnoc1C. The summed E-state index contributed by atoms with van der Waals surface area (Å²) in [7, 11) is 3.03. The third kappa shape index (κ3) is 2.80. The highest BCUT2D eigenvalue weighted by Gasteiger charge is 2.20. The Morgan fingerprint density at radius 3 is 2.56 bits per heavy atom. The van der Waals surface area contributed by atoms with Gasteiger partial charge in [0.05, 0.1) is 12.2 Å². The Bertz CT molecular complexity index is 346. The van der Waals surface area contributed by atoms with Crippen molar-refractivity contribution in [3.63, 3.8) is 0 Å². The van der Waals surface area contributed by atoms with Gasteiger partial charge in [0.15, 0.2) is 6.29 Å². The molecule has 0 aliphatic heterocycles. The number of carbonyl (C=O) groups is 1. The molecule has 0 aromatic carbocycles. The number of aryl methyl sites for hydroxylation is 1. The molecule has 1 amide bonds. The third-order valence-corrected chi connectivity index (χ3v) is 2.23. The van der Waals surface area contributed by atoms with Gasteiger partial charge in [-0.15, -0.1) is 0 Å². The van der Waals surface area contributed by atoms with E-state index in [0.29, 0.717) is 11.3 Å². The molecule has 1 aromatic heterocycles. The second-order valence-corrected chi connectivity index (χ2v) is 3.40. The summed E-state index contributed by atoms with van der Waals surface area (Å²) in [6.45, 7) is 3.47. The Morgan fingerprint density at radius 1 is 1.50 bits per heavy atom. The number of hydrogen-bond donors (Lipinski definition) is 1. The maximum Gasteiger partial charge on any atom is 0.256 e. The summed E-state index contributed by atoms with van der Waals surface area (Å²) in [4.78, 5) is 11.8. The van der Waals surface area contributed by atoms with E-state index in [1.54, 1.807) is 13.8 Å². The lowest BCUT2D eigenvalue weighted by molar-refractivity contribution is -0.117. The monoisotopic (exact) mass is 228 g/mol. The first-order chi connectivity index (χ1) is 7.60. The molecule has 0 fully saturated rings.